The van der Waals surface area contributed by atoms with Crippen LogP contribution in [0.25, 0.3) is 11.6 Å². The van der Waals surface area contributed by atoms with E-state index in [0.29, 0.717) is 30.4 Å². The van der Waals surface area contributed by atoms with Crippen molar-refractivity contribution in [2.45, 2.75) is 25.9 Å². The number of rotatable bonds is 6. The topological polar surface area (TPSA) is 85.8 Å². The van der Waals surface area contributed by atoms with Crippen LogP contribution in [0.2, 0.25) is 0 Å². The van der Waals surface area contributed by atoms with Gasteiger partial charge in [0.2, 0.25) is 0 Å². The summed E-state index contributed by atoms with van der Waals surface area (Å²) in [6, 6.07) is 13.0. The fraction of sp³-hybridized carbons (Fsp3) is 0.294. The van der Waals surface area contributed by atoms with Crippen LogP contribution in [-0.4, -0.2) is 33.0 Å². The van der Waals surface area contributed by atoms with Gasteiger partial charge in [0.1, 0.15) is 5.69 Å². The average Bonchev–Trinajstić information content (AvgIpc) is 3.06. The quantitative estimate of drug-likeness (QED) is 0.721. The zero-order chi connectivity index (χ0) is 16.9. The summed E-state index contributed by atoms with van der Waals surface area (Å²) >= 11 is 0. The minimum absolute atomic E-state index is 0. The van der Waals surface area contributed by atoms with Crippen LogP contribution in [0.1, 0.15) is 18.3 Å². The van der Waals surface area contributed by atoms with Gasteiger partial charge in [0.05, 0.1) is 6.54 Å². The first-order valence-corrected chi connectivity index (χ1v) is 7.78. The number of hydrogen-bond donors (Lipinski definition) is 1. The molecule has 3 aromatic rings. The minimum atomic E-state index is -0.175. The van der Waals surface area contributed by atoms with Crippen LogP contribution < -0.4 is 10.9 Å². The fourth-order valence-electron chi connectivity index (χ4n) is 2.25. The number of likely N-dealkylation sites (N-methyl/N-ethyl adjacent to an activating group) is 1. The molecule has 0 aliphatic heterocycles. The van der Waals surface area contributed by atoms with E-state index < -0.39 is 0 Å². The van der Waals surface area contributed by atoms with Gasteiger partial charge in [0.25, 0.3) is 11.4 Å². The number of aromatic nitrogens is 4. The molecule has 0 fully saturated rings. The molecule has 1 atom stereocenters. The summed E-state index contributed by atoms with van der Waals surface area (Å²) in [6.45, 7) is 2.43. The zero-order valence-corrected chi connectivity index (χ0v) is 14.9. The Morgan fingerprint density at radius 2 is 1.96 bits per heavy atom. The van der Waals surface area contributed by atoms with E-state index in [2.05, 4.69) is 20.6 Å². The lowest BCUT2D eigenvalue weighted by atomic mass is 10.2. The van der Waals surface area contributed by atoms with Crippen molar-refractivity contribution in [3.05, 3.63) is 64.2 Å². The lowest BCUT2D eigenvalue weighted by Crippen LogP contribution is -2.24. The Kier molecular flexibility index (Phi) is 6.44. The van der Waals surface area contributed by atoms with Crippen LogP contribution in [-0.2, 0) is 13.0 Å². The van der Waals surface area contributed by atoms with E-state index in [1.165, 1.54) is 10.7 Å². The van der Waals surface area contributed by atoms with Gasteiger partial charge in [-0.05, 0) is 25.6 Å². The SMILES string of the molecule is CNC(C)Cc1noc(-c2ccc(=O)n(Cc3ccccc3)n2)n1.Cl. The number of nitrogens with zero attached hydrogens (tertiary/aromatic N) is 4. The number of benzene rings is 1. The first kappa shape index (κ1) is 18.8. The second kappa shape index (κ2) is 8.55. The molecule has 1 N–H and O–H groups in total. The molecular weight excluding hydrogens is 342 g/mol. The molecule has 0 bridgehead atoms. The maximum absolute atomic E-state index is 12.0. The first-order chi connectivity index (χ1) is 11.7. The summed E-state index contributed by atoms with van der Waals surface area (Å²) in [5, 5.41) is 11.4. The Morgan fingerprint density at radius 1 is 1.20 bits per heavy atom. The van der Waals surface area contributed by atoms with Crippen molar-refractivity contribution in [2.75, 3.05) is 7.05 Å². The monoisotopic (exact) mass is 361 g/mol. The fourth-order valence-corrected chi connectivity index (χ4v) is 2.25. The molecule has 0 saturated carbocycles. The van der Waals surface area contributed by atoms with E-state index in [4.69, 9.17) is 4.52 Å². The van der Waals surface area contributed by atoms with Gasteiger partial charge in [0, 0.05) is 18.5 Å². The van der Waals surface area contributed by atoms with Crippen LogP contribution >= 0.6 is 12.4 Å². The molecule has 1 unspecified atom stereocenters. The third-order valence-corrected chi connectivity index (χ3v) is 3.71. The summed E-state index contributed by atoms with van der Waals surface area (Å²) in [5.74, 6) is 0.921. The van der Waals surface area contributed by atoms with E-state index in [1.807, 2.05) is 44.3 Å². The molecule has 0 saturated heterocycles. The third-order valence-electron chi connectivity index (χ3n) is 3.71. The molecule has 0 amide bonds. The lowest BCUT2D eigenvalue weighted by molar-refractivity contribution is 0.415. The minimum Gasteiger partial charge on any atom is -0.332 e. The predicted octanol–water partition coefficient (Wildman–Crippen LogP) is 1.91. The summed E-state index contributed by atoms with van der Waals surface area (Å²) < 4.78 is 6.67. The molecule has 25 heavy (non-hydrogen) atoms. The first-order valence-electron chi connectivity index (χ1n) is 7.78. The molecule has 132 valence electrons. The highest BCUT2D eigenvalue weighted by Crippen LogP contribution is 2.13. The van der Waals surface area contributed by atoms with Crippen molar-refractivity contribution in [3.8, 4) is 11.6 Å². The molecule has 0 spiro atoms. The molecule has 7 nitrogen and oxygen atoms in total. The molecule has 8 heteroatoms. The van der Waals surface area contributed by atoms with Crippen molar-refractivity contribution < 1.29 is 4.52 Å². The van der Waals surface area contributed by atoms with E-state index in [1.54, 1.807) is 6.07 Å². The van der Waals surface area contributed by atoms with Crippen LogP contribution in [0.15, 0.2) is 51.8 Å². The predicted molar refractivity (Wildman–Crippen MR) is 96.8 cm³/mol. The van der Waals surface area contributed by atoms with Gasteiger partial charge in [-0.15, -0.1) is 12.4 Å². The van der Waals surface area contributed by atoms with E-state index in [9.17, 15) is 4.79 Å². The van der Waals surface area contributed by atoms with E-state index in [0.717, 1.165) is 5.56 Å². The Balaban J connectivity index is 0.00000225. The van der Waals surface area contributed by atoms with Gasteiger partial charge in [-0.25, -0.2) is 4.68 Å². The van der Waals surface area contributed by atoms with Crippen LogP contribution in [0.3, 0.4) is 0 Å². The third kappa shape index (κ3) is 4.74. The highest BCUT2D eigenvalue weighted by Gasteiger charge is 2.13. The number of nitrogens with one attached hydrogen (secondary N) is 1. The van der Waals surface area contributed by atoms with E-state index >= 15 is 0 Å². The van der Waals surface area contributed by atoms with E-state index in [-0.39, 0.29) is 24.0 Å². The van der Waals surface area contributed by atoms with Crippen LogP contribution in [0.5, 0.6) is 0 Å². The standard InChI is InChI=1S/C17H19N5O2.ClH/c1-12(18-2)10-15-19-17(24-21-15)14-8-9-16(23)22(20-14)11-13-6-4-3-5-7-13;/h3-9,12,18H,10-11H2,1-2H3;1H. The Morgan fingerprint density at radius 3 is 2.68 bits per heavy atom. The van der Waals surface area contributed by atoms with Gasteiger partial charge < -0.3 is 9.84 Å². The maximum Gasteiger partial charge on any atom is 0.278 e. The highest BCUT2D eigenvalue weighted by atomic mass is 35.5. The second-order valence-corrected chi connectivity index (χ2v) is 5.61. The molecule has 2 aromatic heterocycles. The lowest BCUT2D eigenvalue weighted by Gasteiger charge is -2.05. The molecule has 1 aromatic carbocycles. The Hall–Kier alpha value is -2.51. The Bertz CT molecular complexity index is 863. The number of hydrogen-bond acceptors (Lipinski definition) is 6. The van der Waals surface area contributed by atoms with Crippen LogP contribution in [0.4, 0.5) is 0 Å². The van der Waals surface area contributed by atoms with Gasteiger partial charge in [-0.3, -0.25) is 4.79 Å². The van der Waals surface area contributed by atoms with Crippen LogP contribution in [0, 0.1) is 0 Å². The van der Waals surface area contributed by atoms with Gasteiger partial charge in [-0.1, -0.05) is 35.5 Å². The van der Waals surface area contributed by atoms with Crippen molar-refractivity contribution in [1.82, 2.24) is 25.2 Å². The van der Waals surface area contributed by atoms with Crippen molar-refractivity contribution in [3.63, 3.8) is 0 Å². The summed E-state index contributed by atoms with van der Waals surface area (Å²) in [6.07, 6.45) is 0.656. The average molecular weight is 362 g/mol. The van der Waals surface area contributed by atoms with Gasteiger partial charge >= 0.3 is 0 Å². The molecular formula is C17H20ClN5O2. The molecule has 0 radical (unpaired) electrons. The number of halogens is 1. The second-order valence-electron chi connectivity index (χ2n) is 5.61. The largest absolute Gasteiger partial charge is 0.332 e. The normalized spacial score (nSPS) is 11.8. The Labute approximate surface area is 151 Å². The van der Waals surface area contributed by atoms with Gasteiger partial charge in [0.15, 0.2) is 5.82 Å². The molecule has 3 rings (SSSR count). The highest BCUT2D eigenvalue weighted by molar-refractivity contribution is 5.85. The molecule has 2 heterocycles. The zero-order valence-electron chi connectivity index (χ0n) is 14.0. The summed E-state index contributed by atoms with van der Waals surface area (Å²) in [4.78, 5) is 16.4. The van der Waals surface area contributed by atoms with Crippen molar-refractivity contribution >= 4 is 12.4 Å². The van der Waals surface area contributed by atoms with Crippen molar-refractivity contribution in [1.29, 1.82) is 0 Å². The molecule has 0 aliphatic rings. The van der Waals surface area contributed by atoms with Crippen molar-refractivity contribution in [2.24, 2.45) is 0 Å². The van der Waals surface area contributed by atoms with Gasteiger partial charge in [-0.2, -0.15) is 10.1 Å². The summed E-state index contributed by atoms with van der Waals surface area (Å²) in [7, 11) is 1.88. The maximum atomic E-state index is 12.0. The molecule has 0 aliphatic carbocycles. The smallest absolute Gasteiger partial charge is 0.278 e. The summed E-state index contributed by atoms with van der Waals surface area (Å²) in [5.41, 5.74) is 1.31.